The smallest absolute Gasteiger partial charge is 0.242 e. The van der Waals surface area contributed by atoms with Gasteiger partial charge in [0.25, 0.3) is 0 Å². The minimum atomic E-state index is -0.918. The summed E-state index contributed by atoms with van der Waals surface area (Å²) in [5.74, 6) is 0.180. The number of methoxy groups -OCH3 is 1. The molecule has 3 N–H and O–H groups in total. The van der Waals surface area contributed by atoms with E-state index in [1.54, 1.807) is 13.8 Å². The second-order valence-electron chi connectivity index (χ2n) is 3.67. The van der Waals surface area contributed by atoms with Gasteiger partial charge in [0, 0.05) is 0 Å². The van der Waals surface area contributed by atoms with Crippen LogP contribution in [0.15, 0.2) is 10.7 Å². The van der Waals surface area contributed by atoms with Crippen LogP contribution in [0.5, 0.6) is 5.88 Å². The van der Waals surface area contributed by atoms with Crippen LogP contribution in [0.1, 0.15) is 13.8 Å². The molecule has 0 atom stereocenters. The molecular formula is C9H13BrN4O2. The van der Waals surface area contributed by atoms with E-state index in [1.165, 1.54) is 13.3 Å². The van der Waals surface area contributed by atoms with Gasteiger partial charge in [0.1, 0.15) is 5.54 Å². The highest BCUT2D eigenvalue weighted by Crippen LogP contribution is 2.22. The zero-order chi connectivity index (χ0) is 12.3. The van der Waals surface area contributed by atoms with E-state index >= 15 is 0 Å². The van der Waals surface area contributed by atoms with E-state index in [2.05, 4.69) is 31.2 Å². The first-order valence-electron chi connectivity index (χ1n) is 4.51. The van der Waals surface area contributed by atoms with Gasteiger partial charge in [0.2, 0.25) is 17.7 Å². The van der Waals surface area contributed by atoms with Crippen molar-refractivity contribution in [3.05, 3.63) is 10.7 Å². The maximum absolute atomic E-state index is 11.1. The molecule has 0 spiro atoms. The third-order valence-electron chi connectivity index (χ3n) is 1.95. The Bertz CT molecular complexity index is 408. The summed E-state index contributed by atoms with van der Waals surface area (Å²) < 4.78 is 5.64. The lowest BCUT2D eigenvalue weighted by molar-refractivity contribution is -0.121. The number of anilines is 1. The highest BCUT2D eigenvalue weighted by atomic mass is 79.9. The van der Waals surface area contributed by atoms with Crippen LogP contribution in [0.2, 0.25) is 0 Å². The second-order valence-corrected chi connectivity index (χ2v) is 4.52. The molecular weight excluding hydrogens is 276 g/mol. The van der Waals surface area contributed by atoms with Crippen LogP contribution in [0, 0.1) is 0 Å². The third kappa shape index (κ3) is 2.82. The van der Waals surface area contributed by atoms with Gasteiger partial charge in [-0.3, -0.25) is 4.79 Å². The lowest BCUT2D eigenvalue weighted by Gasteiger charge is -2.22. The molecule has 1 heterocycles. The maximum Gasteiger partial charge on any atom is 0.242 e. The lowest BCUT2D eigenvalue weighted by atomic mass is 10.1. The number of hydrogen-bond acceptors (Lipinski definition) is 5. The van der Waals surface area contributed by atoms with E-state index in [4.69, 9.17) is 10.5 Å². The first-order chi connectivity index (χ1) is 7.36. The zero-order valence-electron chi connectivity index (χ0n) is 9.24. The van der Waals surface area contributed by atoms with Crippen molar-refractivity contribution in [3.63, 3.8) is 0 Å². The van der Waals surface area contributed by atoms with Crippen molar-refractivity contribution in [2.75, 3.05) is 12.4 Å². The Morgan fingerprint density at radius 1 is 1.62 bits per heavy atom. The van der Waals surface area contributed by atoms with Crippen LogP contribution in [0.4, 0.5) is 5.95 Å². The molecule has 16 heavy (non-hydrogen) atoms. The molecule has 6 nitrogen and oxygen atoms in total. The van der Waals surface area contributed by atoms with Gasteiger partial charge in [-0.05, 0) is 29.8 Å². The van der Waals surface area contributed by atoms with Crippen molar-refractivity contribution in [2.45, 2.75) is 19.4 Å². The second kappa shape index (κ2) is 4.65. The van der Waals surface area contributed by atoms with Crippen LogP contribution in [-0.2, 0) is 4.79 Å². The molecule has 1 aromatic heterocycles. The van der Waals surface area contributed by atoms with Crippen molar-refractivity contribution in [1.82, 2.24) is 9.97 Å². The number of nitrogens with one attached hydrogen (secondary N) is 1. The van der Waals surface area contributed by atoms with Gasteiger partial charge in [-0.1, -0.05) is 0 Å². The largest absolute Gasteiger partial charge is 0.480 e. The number of hydrogen-bond donors (Lipinski definition) is 2. The predicted molar refractivity (Wildman–Crippen MR) is 63.2 cm³/mol. The Morgan fingerprint density at radius 2 is 2.25 bits per heavy atom. The molecule has 1 rings (SSSR count). The van der Waals surface area contributed by atoms with Gasteiger partial charge in [-0.2, -0.15) is 4.98 Å². The molecule has 7 heteroatoms. The molecule has 0 fully saturated rings. The Hall–Kier alpha value is -1.37. The van der Waals surface area contributed by atoms with Crippen molar-refractivity contribution >= 4 is 27.8 Å². The molecule has 88 valence electrons. The summed E-state index contributed by atoms with van der Waals surface area (Å²) in [5.41, 5.74) is 4.30. The minimum Gasteiger partial charge on any atom is -0.480 e. The van der Waals surface area contributed by atoms with E-state index in [0.717, 1.165) is 0 Å². The van der Waals surface area contributed by atoms with Gasteiger partial charge in [-0.25, -0.2) is 4.98 Å². The maximum atomic E-state index is 11.1. The Labute approximate surface area is 102 Å². The first-order valence-corrected chi connectivity index (χ1v) is 5.30. The fourth-order valence-electron chi connectivity index (χ4n) is 0.896. The third-order valence-corrected chi connectivity index (χ3v) is 2.49. The Kier molecular flexibility index (Phi) is 3.69. The van der Waals surface area contributed by atoms with E-state index in [0.29, 0.717) is 10.4 Å². The van der Waals surface area contributed by atoms with Crippen LogP contribution in [0.3, 0.4) is 0 Å². The molecule has 0 saturated carbocycles. The summed E-state index contributed by atoms with van der Waals surface area (Å²) in [6.45, 7) is 3.29. The zero-order valence-corrected chi connectivity index (χ0v) is 10.8. The average molecular weight is 289 g/mol. The topological polar surface area (TPSA) is 90.1 Å². The fourth-order valence-corrected chi connectivity index (χ4v) is 1.25. The number of carbonyl (C=O) groups is 1. The van der Waals surface area contributed by atoms with Crippen LogP contribution in [-0.4, -0.2) is 28.5 Å². The number of amides is 1. The summed E-state index contributed by atoms with van der Waals surface area (Å²) in [7, 11) is 1.50. The van der Waals surface area contributed by atoms with Crippen molar-refractivity contribution in [2.24, 2.45) is 5.73 Å². The monoisotopic (exact) mass is 288 g/mol. The number of carbonyl (C=O) groups excluding carboxylic acids is 1. The predicted octanol–water partition coefficient (Wildman–Crippen LogP) is 0.923. The first kappa shape index (κ1) is 12.7. The highest BCUT2D eigenvalue weighted by molar-refractivity contribution is 9.10. The Balaban J connectivity index is 2.94. The number of nitrogens with zero attached hydrogens (tertiary/aromatic N) is 2. The number of halogens is 1. The van der Waals surface area contributed by atoms with Crippen molar-refractivity contribution in [3.8, 4) is 5.88 Å². The van der Waals surface area contributed by atoms with E-state index in [9.17, 15) is 4.79 Å². The molecule has 0 saturated heterocycles. The molecule has 0 unspecified atom stereocenters. The molecule has 1 aromatic rings. The van der Waals surface area contributed by atoms with Gasteiger partial charge >= 0.3 is 0 Å². The molecule has 0 bridgehead atoms. The van der Waals surface area contributed by atoms with E-state index in [1.807, 2.05) is 0 Å². The van der Waals surface area contributed by atoms with Gasteiger partial charge < -0.3 is 15.8 Å². The van der Waals surface area contributed by atoms with Crippen LogP contribution in [0.25, 0.3) is 0 Å². The summed E-state index contributed by atoms with van der Waals surface area (Å²) in [5, 5.41) is 2.82. The van der Waals surface area contributed by atoms with E-state index < -0.39 is 11.4 Å². The fraction of sp³-hybridized carbons (Fsp3) is 0.444. The lowest BCUT2D eigenvalue weighted by Crippen LogP contribution is -2.45. The molecule has 0 radical (unpaired) electrons. The Morgan fingerprint density at radius 3 is 2.75 bits per heavy atom. The average Bonchev–Trinajstić information content (AvgIpc) is 2.20. The SMILES string of the molecule is COc1nc(NC(C)(C)C(N)=O)ncc1Br. The molecule has 0 aromatic carbocycles. The molecule has 0 aliphatic carbocycles. The number of primary amides is 1. The number of aromatic nitrogens is 2. The van der Waals surface area contributed by atoms with Gasteiger partial charge in [0.05, 0.1) is 17.8 Å². The highest BCUT2D eigenvalue weighted by Gasteiger charge is 2.25. The van der Waals surface area contributed by atoms with E-state index in [-0.39, 0.29) is 5.95 Å². The quantitative estimate of drug-likeness (QED) is 0.860. The standard InChI is InChI=1S/C9H13BrN4O2/c1-9(2,7(11)15)14-8-12-4-5(10)6(13-8)16-3/h4H,1-3H3,(H2,11,15)(H,12,13,14). The number of nitrogens with two attached hydrogens (primary N) is 1. The minimum absolute atomic E-state index is 0.281. The number of ether oxygens (including phenoxy) is 1. The van der Waals surface area contributed by atoms with Crippen LogP contribution < -0.4 is 15.8 Å². The molecule has 0 aliphatic rings. The van der Waals surface area contributed by atoms with Crippen molar-refractivity contribution < 1.29 is 9.53 Å². The normalized spacial score (nSPS) is 11.0. The molecule has 1 amide bonds. The van der Waals surface area contributed by atoms with Gasteiger partial charge in [-0.15, -0.1) is 0 Å². The summed E-state index contributed by atoms with van der Waals surface area (Å²) in [6, 6.07) is 0. The van der Waals surface area contributed by atoms with Crippen molar-refractivity contribution in [1.29, 1.82) is 0 Å². The summed E-state index contributed by atoms with van der Waals surface area (Å²) >= 11 is 3.23. The molecule has 0 aliphatic heterocycles. The summed E-state index contributed by atoms with van der Waals surface area (Å²) in [4.78, 5) is 19.2. The number of rotatable bonds is 4. The van der Waals surface area contributed by atoms with Gasteiger partial charge in [0.15, 0.2) is 0 Å². The van der Waals surface area contributed by atoms with Crippen LogP contribution >= 0.6 is 15.9 Å². The summed E-state index contributed by atoms with van der Waals surface area (Å²) in [6.07, 6.45) is 1.53.